The van der Waals surface area contributed by atoms with E-state index < -0.39 is 16.0 Å². The Hall–Kier alpha value is -0.630. The molecule has 0 aliphatic carbocycles. The molecule has 0 aliphatic heterocycles. The molecule has 0 bridgehead atoms. The molecule has 90 valence electrons. The quantitative estimate of drug-likeness (QED) is 0.825. The van der Waals surface area contributed by atoms with E-state index in [9.17, 15) is 13.2 Å². The standard InChI is InChI=1S/C8H10ClNO4S2/c1-2-14-7(11)5-10-16(12,13)8-4-3-6(9)15-8/h3-4,10H,2,5H2,1H3. The summed E-state index contributed by atoms with van der Waals surface area (Å²) < 4.78 is 30.3. The summed E-state index contributed by atoms with van der Waals surface area (Å²) in [6.45, 7) is 1.47. The number of halogens is 1. The van der Waals surface area contributed by atoms with Crippen molar-refractivity contribution >= 4 is 38.9 Å². The van der Waals surface area contributed by atoms with Gasteiger partial charge in [-0.05, 0) is 19.1 Å². The summed E-state index contributed by atoms with van der Waals surface area (Å²) >= 11 is 6.54. The molecule has 0 fully saturated rings. The third kappa shape index (κ3) is 3.75. The van der Waals surface area contributed by atoms with E-state index in [2.05, 4.69) is 9.46 Å². The number of hydrogen-bond donors (Lipinski definition) is 1. The van der Waals surface area contributed by atoms with Gasteiger partial charge in [0.1, 0.15) is 10.8 Å². The lowest BCUT2D eigenvalue weighted by atomic mass is 10.7. The van der Waals surface area contributed by atoms with Gasteiger partial charge < -0.3 is 4.74 Å². The van der Waals surface area contributed by atoms with Crippen molar-refractivity contribution in [2.24, 2.45) is 0 Å². The van der Waals surface area contributed by atoms with Crippen LogP contribution in [0.3, 0.4) is 0 Å². The molecule has 1 heterocycles. The lowest BCUT2D eigenvalue weighted by molar-refractivity contribution is -0.141. The van der Waals surface area contributed by atoms with Gasteiger partial charge in [0.2, 0.25) is 0 Å². The molecule has 16 heavy (non-hydrogen) atoms. The van der Waals surface area contributed by atoms with Crippen molar-refractivity contribution in [2.45, 2.75) is 11.1 Å². The van der Waals surface area contributed by atoms with Crippen LogP contribution in [0.4, 0.5) is 0 Å². The van der Waals surface area contributed by atoms with E-state index in [1.807, 2.05) is 0 Å². The summed E-state index contributed by atoms with van der Waals surface area (Å²) in [5.41, 5.74) is 0. The molecule has 1 rings (SSSR count). The minimum atomic E-state index is -3.67. The van der Waals surface area contributed by atoms with Gasteiger partial charge in [0.05, 0.1) is 10.9 Å². The van der Waals surface area contributed by atoms with Crippen LogP contribution < -0.4 is 4.72 Å². The number of thiophene rings is 1. The van der Waals surface area contributed by atoms with Crippen LogP contribution in [0, 0.1) is 0 Å². The van der Waals surface area contributed by atoms with Crippen molar-refractivity contribution in [3.05, 3.63) is 16.5 Å². The van der Waals surface area contributed by atoms with Gasteiger partial charge in [-0.2, -0.15) is 4.72 Å². The molecule has 0 spiro atoms. The minimum Gasteiger partial charge on any atom is -0.465 e. The Balaban J connectivity index is 2.63. The van der Waals surface area contributed by atoms with Crippen molar-refractivity contribution in [3.8, 4) is 0 Å². The molecule has 1 aromatic heterocycles. The van der Waals surface area contributed by atoms with Crippen LogP contribution in [0.5, 0.6) is 0 Å². The summed E-state index contributed by atoms with van der Waals surface area (Å²) in [5.74, 6) is -0.617. The van der Waals surface area contributed by atoms with E-state index in [1.165, 1.54) is 12.1 Å². The Morgan fingerprint density at radius 1 is 1.56 bits per heavy atom. The maximum Gasteiger partial charge on any atom is 0.321 e. The second-order valence-electron chi connectivity index (χ2n) is 2.69. The maximum atomic E-state index is 11.6. The van der Waals surface area contributed by atoms with E-state index in [1.54, 1.807) is 6.92 Å². The first kappa shape index (κ1) is 13.4. The Kier molecular flexibility index (Phi) is 4.72. The zero-order valence-electron chi connectivity index (χ0n) is 8.40. The Labute approximate surface area is 102 Å². The van der Waals surface area contributed by atoms with E-state index in [0.29, 0.717) is 4.34 Å². The number of ether oxygens (including phenoxy) is 1. The van der Waals surface area contributed by atoms with Crippen LogP contribution >= 0.6 is 22.9 Å². The predicted octanol–water partition coefficient (Wildman–Crippen LogP) is 1.24. The van der Waals surface area contributed by atoms with E-state index in [-0.39, 0.29) is 17.4 Å². The normalized spacial score (nSPS) is 11.4. The highest BCUT2D eigenvalue weighted by Gasteiger charge is 2.17. The van der Waals surface area contributed by atoms with E-state index in [0.717, 1.165) is 11.3 Å². The number of carbonyl (C=O) groups excluding carboxylic acids is 1. The van der Waals surface area contributed by atoms with Crippen LogP contribution in [0.2, 0.25) is 4.34 Å². The van der Waals surface area contributed by atoms with Crippen LogP contribution in [0.1, 0.15) is 6.92 Å². The molecule has 0 amide bonds. The Morgan fingerprint density at radius 2 is 2.25 bits per heavy atom. The molecule has 0 aliphatic rings. The summed E-state index contributed by atoms with van der Waals surface area (Å²) in [4.78, 5) is 11.0. The fourth-order valence-electron chi connectivity index (χ4n) is 0.879. The zero-order valence-corrected chi connectivity index (χ0v) is 10.8. The van der Waals surface area contributed by atoms with Gasteiger partial charge in [0, 0.05) is 0 Å². The molecular weight excluding hydrogens is 274 g/mol. The van der Waals surface area contributed by atoms with Crippen LogP contribution in [0.15, 0.2) is 16.3 Å². The lowest BCUT2D eigenvalue weighted by Gasteiger charge is -2.03. The molecule has 0 radical (unpaired) electrons. The summed E-state index contributed by atoms with van der Waals surface area (Å²) in [5, 5.41) is 0. The van der Waals surface area contributed by atoms with Crippen molar-refractivity contribution in [2.75, 3.05) is 13.2 Å². The smallest absolute Gasteiger partial charge is 0.321 e. The third-order valence-electron chi connectivity index (χ3n) is 1.53. The molecule has 8 heteroatoms. The first-order chi connectivity index (χ1) is 7.45. The van der Waals surface area contributed by atoms with Crippen molar-refractivity contribution in [1.82, 2.24) is 4.72 Å². The Bertz CT molecular complexity index is 468. The summed E-state index contributed by atoms with van der Waals surface area (Å²) in [6.07, 6.45) is 0. The topological polar surface area (TPSA) is 72.5 Å². The summed E-state index contributed by atoms with van der Waals surface area (Å²) in [6, 6.07) is 2.85. The molecule has 0 saturated carbocycles. The maximum absolute atomic E-state index is 11.6. The van der Waals surface area contributed by atoms with Gasteiger partial charge in [-0.15, -0.1) is 11.3 Å². The molecular formula is C8H10ClNO4S2. The van der Waals surface area contributed by atoms with Crippen LogP contribution in [-0.2, 0) is 19.6 Å². The monoisotopic (exact) mass is 283 g/mol. The highest BCUT2D eigenvalue weighted by atomic mass is 35.5. The van der Waals surface area contributed by atoms with Crippen molar-refractivity contribution in [1.29, 1.82) is 0 Å². The SMILES string of the molecule is CCOC(=O)CNS(=O)(=O)c1ccc(Cl)s1. The van der Waals surface area contributed by atoms with Crippen molar-refractivity contribution in [3.63, 3.8) is 0 Å². The minimum absolute atomic E-state index is 0.0711. The predicted molar refractivity (Wildman–Crippen MR) is 61.2 cm³/mol. The van der Waals surface area contributed by atoms with E-state index >= 15 is 0 Å². The number of esters is 1. The third-order valence-corrected chi connectivity index (χ3v) is 4.65. The summed E-state index contributed by atoms with van der Waals surface area (Å²) in [7, 11) is -3.67. The highest BCUT2D eigenvalue weighted by molar-refractivity contribution is 7.91. The average molecular weight is 284 g/mol. The van der Waals surface area contributed by atoms with Crippen LogP contribution in [-0.4, -0.2) is 27.5 Å². The Morgan fingerprint density at radius 3 is 2.75 bits per heavy atom. The van der Waals surface area contributed by atoms with E-state index in [4.69, 9.17) is 11.6 Å². The molecule has 0 atom stereocenters. The zero-order chi connectivity index (χ0) is 12.2. The lowest BCUT2D eigenvalue weighted by Crippen LogP contribution is -2.30. The molecule has 0 unspecified atom stereocenters. The first-order valence-electron chi connectivity index (χ1n) is 4.36. The van der Waals surface area contributed by atoms with Gasteiger partial charge in [-0.1, -0.05) is 11.6 Å². The number of hydrogen-bond acceptors (Lipinski definition) is 5. The number of nitrogens with one attached hydrogen (secondary N) is 1. The van der Waals surface area contributed by atoms with Gasteiger partial charge >= 0.3 is 5.97 Å². The molecule has 0 aromatic carbocycles. The second-order valence-corrected chi connectivity index (χ2v) is 6.40. The first-order valence-corrected chi connectivity index (χ1v) is 7.04. The van der Waals surface area contributed by atoms with Gasteiger partial charge in [-0.25, -0.2) is 8.42 Å². The molecule has 0 saturated heterocycles. The van der Waals surface area contributed by atoms with Crippen LogP contribution in [0.25, 0.3) is 0 Å². The van der Waals surface area contributed by atoms with Crippen molar-refractivity contribution < 1.29 is 17.9 Å². The fourth-order valence-corrected chi connectivity index (χ4v) is 3.38. The molecule has 5 nitrogen and oxygen atoms in total. The average Bonchev–Trinajstić information content (AvgIpc) is 2.63. The highest BCUT2D eigenvalue weighted by Crippen LogP contribution is 2.25. The molecule has 1 aromatic rings. The number of sulfonamides is 1. The van der Waals surface area contributed by atoms with Gasteiger partial charge in [0.15, 0.2) is 0 Å². The largest absolute Gasteiger partial charge is 0.465 e. The molecule has 1 N–H and O–H groups in total. The van der Waals surface area contributed by atoms with Gasteiger partial charge in [0.25, 0.3) is 10.0 Å². The fraction of sp³-hybridized carbons (Fsp3) is 0.375. The number of rotatable bonds is 5. The van der Waals surface area contributed by atoms with Gasteiger partial charge in [-0.3, -0.25) is 4.79 Å². The second kappa shape index (κ2) is 5.62. The number of carbonyl (C=O) groups is 1.